The van der Waals surface area contributed by atoms with Crippen LogP contribution in [0, 0.1) is 0 Å². The summed E-state index contributed by atoms with van der Waals surface area (Å²) < 4.78 is 32.9. The van der Waals surface area contributed by atoms with Crippen molar-refractivity contribution in [1.29, 1.82) is 0 Å². The van der Waals surface area contributed by atoms with Crippen LogP contribution in [0.1, 0.15) is 36.8 Å². The minimum Gasteiger partial charge on any atom is -0.484 e. The van der Waals surface area contributed by atoms with Gasteiger partial charge in [0.05, 0.1) is 4.90 Å². The second-order valence-electron chi connectivity index (χ2n) is 7.91. The molecule has 0 saturated carbocycles. The molecular weight excluding hydrogens is 400 g/mol. The molecule has 0 unspecified atom stereocenters. The van der Waals surface area contributed by atoms with Crippen LogP contribution in [0.4, 0.5) is 0 Å². The van der Waals surface area contributed by atoms with E-state index in [2.05, 4.69) is 12.1 Å². The van der Waals surface area contributed by atoms with E-state index < -0.39 is 10.0 Å². The first-order chi connectivity index (χ1) is 14.5. The van der Waals surface area contributed by atoms with Gasteiger partial charge in [-0.2, -0.15) is 4.31 Å². The third-order valence-electron chi connectivity index (χ3n) is 5.87. The first kappa shape index (κ1) is 20.9. The molecule has 4 rings (SSSR count). The monoisotopic (exact) mass is 428 g/mol. The average molecular weight is 429 g/mol. The molecule has 7 heteroatoms. The summed E-state index contributed by atoms with van der Waals surface area (Å²) >= 11 is 0. The van der Waals surface area contributed by atoms with Crippen molar-refractivity contribution in [3.63, 3.8) is 0 Å². The van der Waals surface area contributed by atoms with Crippen molar-refractivity contribution >= 4 is 15.9 Å². The molecule has 2 heterocycles. The number of fused-ring (bicyclic) bond motifs is 1. The van der Waals surface area contributed by atoms with Crippen LogP contribution in [0.3, 0.4) is 0 Å². The van der Waals surface area contributed by atoms with E-state index in [4.69, 9.17) is 4.74 Å². The maximum atomic E-state index is 12.8. The zero-order valence-electron chi connectivity index (χ0n) is 17.1. The Bertz CT molecular complexity index is 981. The molecule has 30 heavy (non-hydrogen) atoms. The zero-order chi connectivity index (χ0) is 21.0. The summed E-state index contributed by atoms with van der Waals surface area (Å²) in [7, 11) is -3.48. The Hall–Kier alpha value is -2.38. The Kier molecular flexibility index (Phi) is 6.39. The Balaban J connectivity index is 1.34. The lowest BCUT2D eigenvalue weighted by molar-refractivity contribution is -0.134. The molecule has 6 nitrogen and oxygen atoms in total. The molecule has 0 atom stereocenters. The third-order valence-corrected chi connectivity index (χ3v) is 7.79. The van der Waals surface area contributed by atoms with Gasteiger partial charge in [0.15, 0.2) is 6.61 Å². The second kappa shape index (κ2) is 9.18. The predicted octanol–water partition coefficient (Wildman–Crippen LogP) is 3.22. The quantitative estimate of drug-likeness (QED) is 0.733. The van der Waals surface area contributed by atoms with Crippen LogP contribution >= 0.6 is 0 Å². The average Bonchev–Trinajstić information content (AvgIpc) is 3.08. The lowest BCUT2D eigenvalue weighted by Crippen LogP contribution is -2.38. The molecule has 2 aliphatic heterocycles. The van der Waals surface area contributed by atoms with Crippen molar-refractivity contribution < 1.29 is 17.9 Å². The van der Waals surface area contributed by atoms with Gasteiger partial charge in [-0.05, 0) is 54.7 Å². The highest BCUT2D eigenvalue weighted by atomic mass is 32.2. The summed E-state index contributed by atoms with van der Waals surface area (Å²) in [5.41, 5.74) is 2.48. The minimum atomic E-state index is -3.48. The summed E-state index contributed by atoms with van der Waals surface area (Å²) in [4.78, 5) is 14.6. The van der Waals surface area contributed by atoms with Crippen molar-refractivity contribution in [3.8, 4) is 5.75 Å². The third kappa shape index (κ3) is 4.68. The van der Waals surface area contributed by atoms with Crippen molar-refractivity contribution in [2.75, 3.05) is 26.2 Å². The highest BCUT2D eigenvalue weighted by Crippen LogP contribution is 2.23. The fourth-order valence-electron chi connectivity index (χ4n) is 4.08. The number of carbonyl (C=O) groups excluding carboxylic acids is 1. The van der Waals surface area contributed by atoms with E-state index in [1.165, 1.54) is 11.1 Å². The normalized spacial score (nSPS) is 17.8. The van der Waals surface area contributed by atoms with E-state index in [0.29, 0.717) is 31.9 Å². The number of hydrogen-bond donors (Lipinski definition) is 0. The molecule has 2 aliphatic rings. The number of amides is 1. The number of ether oxygens (including phenoxy) is 1. The Morgan fingerprint density at radius 1 is 0.867 bits per heavy atom. The number of rotatable bonds is 5. The Morgan fingerprint density at radius 3 is 2.23 bits per heavy atom. The lowest BCUT2D eigenvalue weighted by atomic mass is 10.00. The van der Waals surface area contributed by atoms with Gasteiger partial charge in [-0.1, -0.05) is 37.1 Å². The van der Waals surface area contributed by atoms with E-state index in [1.807, 2.05) is 12.1 Å². The van der Waals surface area contributed by atoms with E-state index in [1.54, 1.807) is 33.5 Å². The topological polar surface area (TPSA) is 66.9 Å². The standard InChI is InChI=1S/C23H28N2O4S/c26-23(24-16-13-19-7-3-4-8-20(19)17-24)18-29-21-9-11-22(12-10-21)30(27,28)25-14-5-1-2-6-15-25/h3-4,7-12H,1-2,5-6,13-18H2. The van der Waals surface area contributed by atoms with E-state index in [9.17, 15) is 13.2 Å². The molecule has 0 N–H and O–H groups in total. The van der Waals surface area contributed by atoms with Gasteiger partial charge in [0, 0.05) is 26.2 Å². The molecule has 0 aliphatic carbocycles. The molecule has 0 spiro atoms. The Morgan fingerprint density at radius 2 is 1.53 bits per heavy atom. The van der Waals surface area contributed by atoms with Crippen LogP contribution in [-0.2, 0) is 27.8 Å². The first-order valence-corrected chi connectivity index (χ1v) is 12.1. The van der Waals surface area contributed by atoms with E-state index in [-0.39, 0.29) is 17.4 Å². The van der Waals surface area contributed by atoms with Crippen LogP contribution in [0.15, 0.2) is 53.4 Å². The van der Waals surface area contributed by atoms with Crippen molar-refractivity contribution in [3.05, 3.63) is 59.7 Å². The number of benzene rings is 2. The molecular formula is C23H28N2O4S. The van der Waals surface area contributed by atoms with Crippen LogP contribution in [0.5, 0.6) is 5.75 Å². The van der Waals surface area contributed by atoms with E-state index in [0.717, 1.165) is 32.1 Å². The SMILES string of the molecule is O=C(COc1ccc(S(=O)(=O)N2CCCCCC2)cc1)N1CCc2ccccc2C1. The summed E-state index contributed by atoms with van der Waals surface area (Å²) in [6, 6.07) is 14.6. The van der Waals surface area contributed by atoms with Gasteiger partial charge in [-0.15, -0.1) is 0 Å². The fraction of sp³-hybridized carbons (Fsp3) is 0.435. The number of nitrogens with zero attached hydrogens (tertiary/aromatic N) is 2. The van der Waals surface area contributed by atoms with Gasteiger partial charge in [-0.3, -0.25) is 4.79 Å². The minimum absolute atomic E-state index is 0.0552. The van der Waals surface area contributed by atoms with Crippen molar-refractivity contribution in [2.24, 2.45) is 0 Å². The van der Waals surface area contributed by atoms with Crippen LogP contribution in [0.2, 0.25) is 0 Å². The van der Waals surface area contributed by atoms with Crippen LogP contribution in [-0.4, -0.2) is 49.8 Å². The van der Waals surface area contributed by atoms with Gasteiger partial charge >= 0.3 is 0 Å². The fourth-order valence-corrected chi connectivity index (χ4v) is 5.60. The number of carbonyl (C=O) groups is 1. The maximum Gasteiger partial charge on any atom is 0.260 e. The van der Waals surface area contributed by atoms with Gasteiger partial charge in [-0.25, -0.2) is 8.42 Å². The highest BCUT2D eigenvalue weighted by Gasteiger charge is 2.25. The molecule has 1 saturated heterocycles. The summed E-state index contributed by atoms with van der Waals surface area (Å²) in [5, 5.41) is 0. The Labute approximate surface area is 178 Å². The van der Waals surface area contributed by atoms with Crippen LogP contribution < -0.4 is 4.74 Å². The maximum absolute atomic E-state index is 12.8. The van der Waals surface area contributed by atoms with Crippen LogP contribution in [0.25, 0.3) is 0 Å². The molecule has 2 aromatic carbocycles. The van der Waals surface area contributed by atoms with Crippen molar-refractivity contribution in [1.82, 2.24) is 9.21 Å². The van der Waals surface area contributed by atoms with Gasteiger partial charge in [0.1, 0.15) is 5.75 Å². The van der Waals surface area contributed by atoms with Gasteiger partial charge in [0.25, 0.3) is 5.91 Å². The molecule has 0 aromatic heterocycles. The largest absolute Gasteiger partial charge is 0.484 e. The molecule has 1 amide bonds. The lowest BCUT2D eigenvalue weighted by Gasteiger charge is -2.28. The predicted molar refractivity (Wildman–Crippen MR) is 115 cm³/mol. The summed E-state index contributed by atoms with van der Waals surface area (Å²) in [6.45, 7) is 2.39. The summed E-state index contributed by atoms with van der Waals surface area (Å²) in [6.07, 6.45) is 4.82. The van der Waals surface area contributed by atoms with Gasteiger partial charge in [0.2, 0.25) is 10.0 Å². The molecule has 1 fully saturated rings. The zero-order valence-corrected chi connectivity index (χ0v) is 17.9. The summed E-state index contributed by atoms with van der Waals surface area (Å²) in [5.74, 6) is 0.432. The number of hydrogen-bond acceptors (Lipinski definition) is 4. The van der Waals surface area contributed by atoms with Gasteiger partial charge < -0.3 is 9.64 Å². The first-order valence-electron chi connectivity index (χ1n) is 10.6. The highest BCUT2D eigenvalue weighted by molar-refractivity contribution is 7.89. The molecule has 0 radical (unpaired) electrons. The van der Waals surface area contributed by atoms with Crippen molar-refractivity contribution in [2.45, 2.75) is 43.5 Å². The molecule has 0 bridgehead atoms. The molecule has 2 aromatic rings. The smallest absolute Gasteiger partial charge is 0.260 e. The second-order valence-corrected chi connectivity index (χ2v) is 9.85. The number of sulfonamides is 1. The molecule has 160 valence electrons. The van der Waals surface area contributed by atoms with E-state index >= 15 is 0 Å².